The third-order valence-electron chi connectivity index (χ3n) is 5.67. The molecule has 0 spiro atoms. The van der Waals surface area contributed by atoms with Gasteiger partial charge in [-0.05, 0) is 55.5 Å². The van der Waals surface area contributed by atoms with Gasteiger partial charge in [0.25, 0.3) is 5.56 Å². The van der Waals surface area contributed by atoms with Gasteiger partial charge >= 0.3 is 0 Å². The number of hydrogen-bond donors (Lipinski definition) is 3. The van der Waals surface area contributed by atoms with Crippen molar-refractivity contribution in [3.05, 3.63) is 82.6 Å². The molecule has 188 valence electrons. The SMILES string of the molecule is CCC(=O)Nc1ccc(C)cc1-c1nc2ccccc2n(CC(=O)Nc2ccc(NC(C)=O)cc2)c1=O. The van der Waals surface area contributed by atoms with Gasteiger partial charge in [-0.3, -0.25) is 23.7 Å². The molecule has 37 heavy (non-hydrogen) atoms. The summed E-state index contributed by atoms with van der Waals surface area (Å²) in [6.07, 6.45) is 0.286. The van der Waals surface area contributed by atoms with Crippen LogP contribution in [-0.2, 0) is 20.9 Å². The Kier molecular flexibility index (Phi) is 7.43. The number of para-hydroxylation sites is 2. The first-order valence-electron chi connectivity index (χ1n) is 11.8. The van der Waals surface area contributed by atoms with Crippen LogP contribution < -0.4 is 21.5 Å². The second kappa shape index (κ2) is 10.9. The highest BCUT2D eigenvalue weighted by Crippen LogP contribution is 2.27. The highest BCUT2D eigenvalue weighted by Gasteiger charge is 2.18. The van der Waals surface area contributed by atoms with Crippen LogP contribution in [-0.4, -0.2) is 27.3 Å². The third kappa shape index (κ3) is 5.90. The summed E-state index contributed by atoms with van der Waals surface area (Å²) in [6.45, 7) is 4.80. The Morgan fingerprint density at radius 3 is 2.22 bits per heavy atom. The van der Waals surface area contributed by atoms with Gasteiger partial charge in [0.15, 0.2) is 0 Å². The maximum atomic E-state index is 13.7. The molecule has 0 bridgehead atoms. The summed E-state index contributed by atoms with van der Waals surface area (Å²) in [4.78, 5) is 54.6. The molecule has 3 amide bonds. The number of aryl methyl sites for hydroxylation is 1. The highest BCUT2D eigenvalue weighted by molar-refractivity contribution is 5.96. The first-order valence-corrected chi connectivity index (χ1v) is 11.8. The van der Waals surface area contributed by atoms with Crippen molar-refractivity contribution in [1.82, 2.24) is 9.55 Å². The number of nitrogens with one attached hydrogen (secondary N) is 3. The van der Waals surface area contributed by atoms with E-state index >= 15 is 0 Å². The maximum Gasteiger partial charge on any atom is 0.278 e. The zero-order valence-electron chi connectivity index (χ0n) is 20.8. The summed E-state index contributed by atoms with van der Waals surface area (Å²) >= 11 is 0. The number of anilines is 3. The average molecular weight is 498 g/mol. The minimum absolute atomic E-state index is 0.140. The van der Waals surface area contributed by atoms with Gasteiger partial charge in [0.2, 0.25) is 17.7 Å². The Bertz CT molecular complexity index is 1560. The Balaban J connectivity index is 1.72. The number of rotatable bonds is 7. The quantitative estimate of drug-likeness (QED) is 0.351. The Labute approximate surface area is 213 Å². The van der Waals surface area contributed by atoms with Gasteiger partial charge in [-0.25, -0.2) is 4.98 Å². The van der Waals surface area contributed by atoms with Crippen molar-refractivity contribution in [2.24, 2.45) is 0 Å². The number of carbonyl (C=O) groups is 3. The molecule has 0 saturated heterocycles. The molecule has 3 aromatic carbocycles. The van der Waals surface area contributed by atoms with Crippen LogP contribution in [0.15, 0.2) is 71.5 Å². The standard InChI is InChI=1S/C28H27N5O4/c1-4-25(35)31-22-14-9-17(2)15-21(22)27-28(37)33(24-8-6-5-7-23(24)32-27)16-26(36)30-20-12-10-19(11-13-20)29-18(3)34/h5-15H,4,16H2,1-3H3,(H,29,34)(H,30,36)(H,31,35). The van der Waals surface area contributed by atoms with Crippen molar-refractivity contribution in [2.75, 3.05) is 16.0 Å². The molecule has 3 N–H and O–H groups in total. The van der Waals surface area contributed by atoms with Gasteiger partial charge in [0.1, 0.15) is 12.2 Å². The summed E-state index contributed by atoms with van der Waals surface area (Å²) in [6, 6.07) is 19.2. The Morgan fingerprint density at radius 2 is 1.54 bits per heavy atom. The van der Waals surface area contributed by atoms with Crippen LogP contribution in [0.2, 0.25) is 0 Å². The van der Waals surface area contributed by atoms with Crippen molar-refractivity contribution in [3.8, 4) is 11.3 Å². The fourth-order valence-electron chi connectivity index (χ4n) is 3.91. The molecule has 4 aromatic rings. The number of hydrogen-bond acceptors (Lipinski definition) is 5. The summed E-state index contributed by atoms with van der Waals surface area (Å²) in [5, 5.41) is 8.29. The van der Waals surface area contributed by atoms with E-state index in [9.17, 15) is 19.2 Å². The molecule has 0 saturated carbocycles. The number of benzene rings is 3. The van der Waals surface area contributed by atoms with Crippen LogP contribution in [0.4, 0.5) is 17.1 Å². The second-order valence-electron chi connectivity index (χ2n) is 8.60. The summed E-state index contributed by atoms with van der Waals surface area (Å²) in [5.74, 6) is -0.780. The van der Waals surface area contributed by atoms with Crippen molar-refractivity contribution in [2.45, 2.75) is 33.7 Å². The van der Waals surface area contributed by atoms with E-state index in [1.165, 1.54) is 11.5 Å². The minimum atomic E-state index is -0.451. The molecule has 9 nitrogen and oxygen atoms in total. The first-order chi connectivity index (χ1) is 17.7. The lowest BCUT2D eigenvalue weighted by Crippen LogP contribution is -2.30. The molecular formula is C28H27N5O4. The fraction of sp³-hybridized carbons (Fsp3) is 0.179. The van der Waals surface area contributed by atoms with Crippen LogP contribution in [0.5, 0.6) is 0 Å². The number of nitrogens with zero attached hydrogens (tertiary/aromatic N) is 2. The zero-order chi connectivity index (χ0) is 26.5. The van der Waals surface area contributed by atoms with Crippen LogP contribution in [0.3, 0.4) is 0 Å². The van der Waals surface area contributed by atoms with Crippen LogP contribution in [0.25, 0.3) is 22.3 Å². The number of fused-ring (bicyclic) bond motifs is 1. The smallest absolute Gasteiger partial charge is 0.278 e. The van der Waals surface area contributed by atoms with E-state index in [1.807, 2.05) is 13.0 Å². The van der Waals surface area contributed by atoms with Gasteiger partial charge in [-0.2, -0.15) is 0 Å². The number of aromatic nitrogens is 2. The first kappa shape index (κ1) is 25.3. The Morgan fingerprint density at radius 1 is 0.865 bits per heavy atom. The maximum absolute atomic E-state index is 13.7. The molecule has 0 aliphatic rings. The van der Waals surface area contributed by atoms with Gasteiger partial charge in [-0.15, -0.1) is 0 Å². The zero-order valence-corrected chi connectivity index (χ0v) is 20.8. The molecule has 0 aliphatic heterocycles. The highest BCUT2D eigenvalue weighted by atomic mass is 16.2. The predicted octanol–water partition coefficient (Wildman–Crippen LogP) is 4.32. The van der Waals surface area contributed by atoms with E-state index in [-0.39, 0.29) is 30.5 Å². The molecule has 9 heteroatoms. The van der Waals surface area contributed by atoms with Crippen molar-refractivity contribution in [1.29, 1.82) is 0 Å². The Hall–Kier alpha value is -4.79. The number of amides is 3. The molecule has 4 rings (SSSR count). The van der Waals surface area contributed by atoms with Gasteiger partial charge in [0.05, 0.1) is 16.7 Å². The van der Waals surface area contributed by atoms with Crippen molar-refractivity contribution in [3.63, 3.8) is 0 Å². The lowest BCUT2D eigenvalue weighted by molar-refractivity contribution is -0.117. The monoisotopic (exact) mass is 497 g/mol. The number of carbonyl (C=O) groups excluding carboxylic acids is 3. The molecular weight excluding hydrogens is 470 g/mol. The van der Waals surface area contributed by atoms with Gasteiger partial charge < -0.3 is 16.0 Å². The van der Waals surface area contributed by atoms with E-state index in [2.05, 4.69) is 20.9 Å². The minimum Gasteiger partial charge on any atom is -0.326 e. The van der Waals surface area contributed by atoms with Gasteiger partial charge in [0, 0.05) is 30.3 Å². The molecule has 0 atom stereocenters. The molecule has 1 heterocycles. The molecule has 0 aliphatic carbocycles. The largest absolute Gasteiger partial charge is 0.326 e. The molecule has 0 fully saturated rings. The third-order valence-corrected chi connectivity index (χ3v) is 5.67. The molecule has 1 aromatic heterocycles. The normalized spacial score (nSPS) is 10.7. The van der Waals surface area contributed by atoms with Crippen LogP contribution in [0, 0.1) is 6.92 Å². The average Bonchev–Trinajstić information content (AvgIpc) is 2.87. The second-order valence-corrected chi connectivity index (χ2v) is 8.60. The molecule has 0 unspecified atom stereocenters. The van der Waals surface area contributed by atoms with E-state index in [0.29, 0.717) is 33.7 Å². The predicted molar refractivity (Wildman–Crippen MR) is 144 cm³/mol. The summed E-state index contributed by atoms with van der Waals surface area (Å²) < 4.78 is 1.38. The summed E-state index contributed by atoms with van der Waals surface area (Å²) in [7, 11) is 0. The fourth-order valence-corrected chi connectivity index (χ4v) is 3.91. The summed E-state index contributed by atoms with van der Waals surface area (Å²) in [5.41, 5.74) is 3.73. The molecule has 0 radical (unpaired) electrons. The van der Waals surface area contributed by atoms with Crippen molar-refractivity contribution >= 4 is 45.8 Å². The van der Waals surface area contributed by atoms with Crippen molar-refractivity contribution < 1.29 is 14.4 Å². The van der Waals surface area contributed by atoms with Crippen LogP contribution >= 0.6 is 0 Å². The lowest BCUT2D eigenvalue weighted by Gasteiger charge is -2.15. The van der Waals surface area contributed by atoms with Crippen LogP contribution in [0.1, 0.15) is 25.8 Å². The topological polar surface area (TPSA) is 122 Å². The van der Waals surface area contributed by atoms with E-state index in [1.54, 1.807) is 67.6 Å². The van der Waals surface area contributed by atoms with E-state index in [4.69, 9.17) is 0 Å². The van der Waals surface area contributed by atoms with Gasteiger partial charge in [-0.1, -0.05) is 30.7 Å². The van der Waals surface area contributed by atoms with E-state index < -0.39 is 11.5 Å². The lowest BCUT2D eigenvalue weighted by atomic mass is 10.1. The van der Waals surface area contributed by atoms with E-state index in [0.717, 1.165) is 5.56 Å².